The van der Waals surface area contributed by atoms with Gasteiger partial charge in [0.2, 0.25) is 0 Å². The van der Waals surface area contributed by atoms with E-state index in [2.05, 4.69) is 12.7 Å². The van der Waals surface area contributed by atoms with Crippen molar-refractivity contribution in [2.75, 3.05) is 0 Å². The molecule has 0 radical (unpaired) electrons. The molecule has 0 heterocycles. The molecule has 0 aliphatic carbocycles. The monoisotopic (exact) mass is 166 g/mol. The minimum atomic E-state index is -0.165. The van der Waals surface area contributed by atoms with Crippen molar-refractivity contribution in [1.82, 2.24) is 0 Å². The molecule has 0 aliphatic rings. The molecule has 0 amide bonds. The van der Waals surface area contributed by atoms with Crippen LogP contribution in [0.1, 0.15) is 26.2 Å². The highest BCUT2D eigenvalue weighted by molar-refractivity contribution is 5.08. The molecule has 0 spiro atoms. The average Bonchev–Trinajstić information content (AvgIpc) is 2.02. The summed E-state index contributed by atoms with van der Waals surface area (Å²) in [4.78, 5) is 0. The second-order valence-electron chi connectivity index (χ2n) is 2.83. The Kier molecular flexibility index (Phi) is 7.71. The lowest BCUT2D eigenvalue weighted by atomic mass is 10.1. The molecule has 1 atom stereocenters. The predicted molar refractivity (Wildman–Crippen MR) is 54.0 cm³/mol. The quantitative estimate of drug-likeness (QED) is 0.475. The molecule has 0 rings (SSSR count). The van der Waals surface area contributed by atoms with E-state index in [4.69, 9.17) is 5.11 Å². The molecule has 0 aromatic rings. The van der Waals surface area contributed by atoms with Gasteiger partial charge in [0, 0.05) is 0 Å². The molecule has 12 heavy (non-hydrogen) atoms. The zero-order valence-corrected chi connectivity index (χ0v) is 7.74. The first-order chi connectivity index (χ1) is 5.77. The zero-order valence-electron chi connectivity index (χ0n) is 7.74. The number of rotatable bonds is 6. The van der Waals surface area contributed by atoms with Crippen LogP contribution in [0.4, 0.5) is 0 Å². The summed E-state index contributed by atoms with van der Waals surface area (Å²) in [6.45, 7) is 5.38. The number of hydrogen-bond donors (Lipinski definition) is 1. The molecule has 1 unspecified atom stereocenters. The molecule has 0 saturated heterocycles. The van der Waals surface area contributed by atoms with Crippen LogP contribution in [0.15, 0.2) is 37.0 Å². The Hall–Kier alpha value is -0.820. The molecule has 0 aromatic carbocycles. The molecule has 68 valence electrons. The first kappa shape index (κ1) is 11.2. The zero-order chi connectivity index (χ0) is 9.23. The highest BCUT2D eigenvalue weighted by Crippen LogP contribution is 2.00. The van der Waals surface area contributed by atoms with Crippen LogP contribution in [-0.2, 0) is 0 Å². The minimum absolute atomic E-state index is 0.165. The lowest BCUT2D eigenvalue weighted by molar-refractivity contribution is 0.182. The second kappa shape index (κ2) is 8.28. The van der Waals surface area contributed by atoms with Gasteiger partial charge in [0.15, 0.2) is 0 Å². The van der Waals surface area contributed by atoms with Gasteiger partial charge in [0.05, 0.1) is 6.10 Å². The molecular formula is C11H18O. The SMILES string of the molecule is C=CC=CC=CCCCC(C)O. The number of aliphatic hydroxyl groups is 1. The topological polar surface area (TPSA) is 20.2 Å². The summed E-state index contributed by atoms with van der Waals surface area (Å²) in [5.41, 5.74) is 0. The van der Waals surface area contributed by atoms with E-state index in [0.717, 1.165) is 19.3 Å². The van der Waals surface area contributed by atoms with Crippen molar-refractivity contribution < 1.29 is 5.11 Å². The Labute approximate surface area is 75.1 Å². The van der Waals surface area contributed by atoms with Gasteiger partial charge in [-0.15, -0.1) is 0 Å². The summed E-state index contributed by atoms with van der Waals surface area (Å²) in [6, 6.07) is 0. The van der Waals surface area contributed by atoms with E-state index >= 15 is 0 Å². The van der Waals surface area contributed by atoms with Crippen molar-refractivity contribution in [3.05, 3.63) is 37.0 Å². The van der Waals surface area contributed by atoms with Gasteiger partial charge in [-0.25, -0.2) is 0 Å². The number of allylic oxidation sites excluding steroid dienone is 5. The van der Waals surface area contributed by atoms with Crippen molar-refractivity contribution in [2.24, 2.45) is 0 Å². The Balaban J connectivity index is 3.24. The van der Waals surface area contributed by atoms with E-state index in [9.17, 15) is 0 Å². The van der Waals surface area contributed by atoms with Gasteiger partial charge < -0.3 is 5.11 Å². The molecule has 1 N–H and O–H groups in total. The number of aliphatic hydroxyl groups excluding tert-OH is 1. The van der Waals surface area contributed by atoms with Crippen LogP contribution in [0, 0.1) is 0 Å². The Bertz CT molecular complexity index is 154. The van der Waals surface area contributed by atoms with Crippen molar-refractivity contribution in [3.8, 4) is 0 Å². The molecule has 0 bridgehead atoms. The van der Waals surface area contributed by atoms with E-state index in [0.29, 0.717) is 0 Å². The lowest BCUT2D eigenvalue weighted by Gasteiger charge is -1.99. The highest BCUT2D eigenvalue weighted by Gasteiger charge is 1.91. The molecule has 0 fully saturated rings. The summed E-state index contributed by atoms with van der Waals surface area (Å²) in [5.74, 6) is 0. The molecule has 0 saturated carbocycles. The Morgan fingerprint density at radius 3 is 2.67 bits per heavy atom. The Morgan fingerprint density at radius 2 is 2.08 bits per heavy atom. The maximum absolute atomic E-state index is 8.94. The van der Waals surface area contributed by atoms with Gasteiger partial charge in [0.25, 0.3) is 0 Å². The van der Waals surface area contributed by atoms with E-state index in [1.54, 1.807) is 6.08 Å². The van der Waals surface area contributed by atoms with E-state index < -0.39 is 0 Å². The summed E-state index contributed by atoms with van der Waals surface area (Å²) in [6.07, 6.45) is 12.5. The normalized spacial score (nSPS) is 14.2. The molecular weight excluding hydrogens is 148 g/mol. The Morgan fingerprint density at radius 1 is 1.33 bits per heavy atom. The third kappa shape index (κ3) is 9.18. The minimum Gasteiger partial charge on any atom is -0.393 e. The summed E-state index contributed by atoms with van der Waals surface area (Å²) in [7, 11) is 0. The van der Waals surface area contributed by atoms with Crippen LogP contribution in [0.25, 0.3) is 0 Å². The summed E-state index contributed by atoms with van der Waals surface area (Å²) < 4.78 is 0. The third-order valence-electron chi connectivity index (χ3n) is 1.49. The standard InChI is InChI=1S/C11H18O/c1-3-4-5-6-7-8-9-10-11(2)12/h3-7,11-12H,1,8-10H2,2H3. The van der Waals surface area contributed by atoms with Crippen molar-refractivity contribution >= 4 is 0 Å². The van der Waals surface area contributed by atoms with E-state index in [1.165, 1.54) is 0 Å². The third-order valence-corrected chi connectivity index (χ3v) is 1.49. The largest absolute Gasteiger partial charge is 0.393 e. The van der Waals surface area contributed by atoms with Crippen LogP contribution in [-0.4, -0.2) is 11.2 Å². The van der Waals surface area contributed by atoms with E-state index in [-0.39, 0.29) is 6.10 Å². The molecule has 1 heteroatoms. The summed E-state index contributed by atoms with van der Waals surface area (Å²) in [5, 5.41) is 8.94. The van der Waals surface area contributed by atoms with Crippen molar-refractivity contribution in [1.29, 1.82) is 0 Å². The van der Waals surface area contributed by atoms with Gasteiger partial charge in [-0.2, -0.15) is 0 Å². The van der Waals surface area contributed by atoms with E-state index in [1.807, 2.05) is 25.2 Å². The van der Waals surface area contributed by atoms with Gasteiger partial charge in [-0.05, 0) is 26.2 Å². The van der Waals surface area contributed by atoms with Crippen molar-refractivity contribution in [2.45, 2.75) is 32.3 Å². The average molecular weight is 166 g/mol. The van der Waals surface area contributed by atoms with Gasteiger partial charge in [-0.1, -0.05) is 37.0 Å². The predicted octanol–water partition coefficient (Wildman–Crippen LogP) is 2.84. The molecule has 1 nitrogen and oxygen atoms in total. The smallest absolute Gasteiger partial charge is 0.0512 e. The van der Waals surface area contributed by atoms with Crippen LogP contribution in [0.2, 0.25) is 0 Å². The molecule has 0 aromatic heterocycles. The lowest BCUT2D eigenvalue weighted by Crippen LogP contribution is -1.97. The van der Waals surface area contributed by atoms with Crippen LogP contribution in [0.5, 0.6) is 0 Å². The van der Waals surface area contributed by atoms with Gasteiger partial charge >= 0.3 is 0 Å². The fourth-order valence-corrected chi connectivity index (χ4v) is 0.849. The highest BCUT2D eigenvalue weighted by atomic mass is 16.3. The maximum Gasteiger partial charge on any atom is 0.0512 e. The maximum atomic E-state index is 8.94. The van der Waals surface area contributed by atoms with Crippen LogP contribution in [0.3, 0.4) is 0 Å². The van der Waals surface area contributed by atoms with Crippen molar-refractivity contribution in [3.63, 3.8) is 0 Å². The van der Waals surface area contributed by atoms with Crippen LogP contribution < -0.4 is 0 Å². The first-order valence-corrected chi connectivity index (χ1v) is 4.39. The van der Waals surface area contributed by atoms with Gasteiger partial charge in [-0.3, -0.25) is 0 Å². The first-order valence-electron chi connectivity index (χ1n) is 4.39. The number of unbranched alkanes of at least 4 members (excludes halogenated alkanes) is 1. The summed E-state index contributed by atoms with van der Waals surface area (Å²) >= 11 is 0. The number of hydrogen-bond acceptors (Lipinski definition) is 1. The second-order valence-corrected chi connectivity index (χ2v) is 2.83. The fraction of sp³-hybridized carbons (Fsp3) is 0.455. The van der Waals surface area contributed by atoms with Crippen LogP contribution >= 0.6 is 0 Å². The fourth-order valence-electron chi connectivity index (χ4n) is 0.849. The van der Waals surface area contributed by atoms with Gasteiger partial charge in [0.1, 0.15) is 0 Å². The molecule has 0 aliphatic heterocycles.